The molecule has 0 unspecified atom stereocenters. The van der Waals surface area contributed by atoms with Gasteiger partial charge in [-0.05, 0) is 37.6 Å². The summed E-state index contributed by atoms with van der Waals surface area (Å²) in [5.41, 5.74) is 2.30. The van der Waals surface area contributed by atoms with Crippen molar-refractivity contribution < 1.29 is 9.15 Å². The number of nitrogens with one attached hydrogen (secondary N) is 1. The fourth-order valence-corrected chi connectivity index (χ4v) is 2.37. The molecule has 0 amide bonds. The van der Waals surface area contributed by atoms with E-state index in [-0.39, 0.29) is 0 Å². The predicted molar refractivity (Wildman–Crippen MR) is 88.6 cm³/mol. The summed E-state index contributed by atoms with van der Waals surface area (Å²) in [7, 11) is 0. The maximum absolute atomic E-state index is 5.85. The summed E-state index contributed by atoms with van der Waals surface area (Å²) in [6, 6.07) is 8.55. The highest BCUT2D eigenvalue weighted by Gasteiger charge is 2.09. The zero-order valence-electron chi connectivity index (χ0n) is 13.0. The third-order valence-corrected chi connectivity index (χ3v) is 3.79. The van der Waals surface area contributed by atoms with E-state index in [4.69, 9.17) is 9.15 Å². The minimum Gasteiger partial charge on any atom is -0.485 e. The molecule has 0 saturated carbocycles. The van der Waals surface area contributed by atoms with E-state index in [0.717, 1.165) is 33.9 Å². The van der Waals surface area contributed by atoms with Gasteiger partial charge in [0.25, 0.3) is 0 Å². The molecular weight excluding hydrogens is 330 g/mol. The normalized spacial score (nSPS) is 11.1. The van der Waals surface area contributed by atoms with Crippen LogP contribution in [0.3, 0.4) is 0 Å². The fraction of sp³-hybridized carbons (Fsp3) is 0.412. The molecule has 1 aromatic carbocycles. The van der Waals surface area contributed by atoms with Crippen LogP contribution in [-0.4, -0.2) is 6.04 Å². The van der Waals surface area contributed by atoms with E-state index in [1.165, 1.54) is 5.56 Å². The molecule has 4 heteroatoms. The Morgan fingerprint density at radius 2 is 2.00 bits per heavy atom. The Hall–Kier alpha value is -1.26. The first-order valence-corrected chi connectivity index (χ1v) is 7.95. The number of rotatable bonds is 6. The molecule has 21 heavy (non-hydrogen) atoms. The third-order valence-electron chi connectivity index (χ3n) is 3.29. The van der Waals surface area contributed by atoms with Crippen molar-refractivity contribution in [1.82, 2.24) is 5.32 Å². The highest BCUT2D eigenvalue weighted by atomic mass is 79.9. The van der Waals surface area contributed by atoms with Crippen molar-refractivity contribution in [3.63, 3.8) is 0 Å². The molecule has 1 aromatic heterocycles. The van der Waals surface area contributed by atoms with Crippen molar-refractivity contribution in [1.29, 1.82) is 0 Å². The first-order valence-electron chi connectivity index (χ1n) is 7.16. The summed E-state index contributed by atoms with van der Waals surface area (Å²) in [6.07, 6.45) is 0. The summed E-state index contributed by atoms with van der Waals surface area (Å²) in [6.45, 7) is 9.56. The largest absolute Gasteiger partial charge is 0.485 e. The van der Waals surface area contributed by atoms with Crippen LogP contribution in [0.1, 0.15) is 36.5 Å². The number of benzene rings is 1. The van der Waals surface area contributed by atoms with E-state index < -0.39 is 0 Å². The van der Waals surface area contributed by atoms with E-state index >= 15 is 0 Å². The summed E-state index contributed by atoms with van der Waals surface area (Å²) < 4.78 is 12.6. The van der Waals surface area contributed by atoms with Gasteiger partial charge in [-0.2, -0.15) is 0 Å². The fourth-order valence-electron chi connectivity index (χ4n) is 2.03. The lowest BCUT2D eigenvalue weighted by molar-refractivity contribution is 0.266. The molecule has 3 nitrogen and oxygen atoms in total. The lowest BCUT2D eigenvalue weighted by atomic mass is 10.2. The molecule has 0 atom stereocenters. The van der Waals surface area contributed by atoms with Gasteiger partial charge in [0.1, 0.15) is 23.9 Å². The smallest absolute Gasteiger partial charge is 0.146 e. The molecule has 0 aliphatic rings. The molecule has 114 valence electrons. The Morgan fingerprint density at radius 3 is 2.71 bits per heavy atom. The van der Waals surface area contributed by atoms with Crippen molar-refractivity contribution in [2.75, 3.05) is 0 Å². The van der Waals surface area contributed by atoms with Gasteiger partial charge in [-0.15, -0.1) is 0 Å². The van der Waals surface area contributed by atoms with Crippen molar-refractivity contribution in [2.24, 2.45) is 0 Å². The first-order chi connectivity index (χ1) is 9.95. The lowest BCUT2D eigenvalue weighted by Crippen LogP contribution is -2.21. The molecule has 0 fully saturated rings. The van der Waals surface area contributed by atoms with Crippen LogP contribution < -0.4 is 10.1 Å². The van der Waals surface area contributed by atoms with E-state index in [1.54, 1.807) is 0 Å². The number of furan rings is 1. The van der Waals surface area contributed by atoms with Crippen LogP contribution in [0, 0.1) is 13.8 Å². The van der Waals surface area contributed by atoms with Crippen molar-refractivity contribution in [3.8, 4) is 5.75 Å². The standard InChI is InChI=1S/C17H22BrNO2/c1-11(2)19-9-14-7-16(21-13(14)4)10-20-17-8-15(18)6-5-12(17)3/h5-8,11,19H,9-10H2,1-4H3. The Kier molecular flexibility index (Phi) is 5.48. The van der Waals surface area contributed by atoms with Crippen LogP contribution in [0.25, 0.3) is 0 Å². The lowest BCUT2D eigenvalue weighted by Gasteiger charge is -2.07. The number of hydrogen-bond acceptors (Lipinski definition) is 3. The van der Waals surface area contributed by atoms with Crippen LogP contribution >= 0.6 is 15.9 Å². The molecule has 0 spiro atoms. The molecule has 0 aliphatic carbocycles. The van der Waals surface area contributed by atoms with Crippen LogP contribution in [0.4, 0.5) is 0 Å². The zero-order valence-corrected chi connectivity index (χ0v) is 14.6. The average Bonchev–Trinajstić information content (AvgIpc) is 2.78. The minimum absolute atomic E-state index is 0.444. The van der Waals surface area contributed by atoms with Gasteiger partial charge in [-0.25, -0.2) is 0 Å². The molecule has 1 N–H and O–H groups in total. The quantitative estimate of drug-likeness (QED) is 0.816. The molecule has 2 rings (SSSR count). The van der Waals surface area contributed by atoms with Gasteiger partial charge in [0.2, 0.25) is 0 Å². The van der Waals surface area contributed by atoms with Gasteiger partial charge in [0, 0.05) is 22.6 Å². The maximum atomic E-state index is 5.85. The summed E-state index contributed by atoms with van der Waals surface area (Å²) in [4.78, 5) is 0. The second-order valence-electron chi connectivity index (χ2n) is 5.53. The second-order valence-corrected chi connectivity index (χ2v) is 6.44. The zero-order chi connectivity index (χ0) is 15.4. The molecule has 2 aromatic rings. The SMILES string of the molecule is Cc1ccc(Br)cc1OCc1cc(CNC(C)C)c(C)o1. The molecule has 0 radical (unpaired) electrons. The molecule has 0 bridgehead atoms. The summed E-state index contributed by atoms with van der Waals surface area (Å²) in [5.74, 6) is 2.68. The van der Waals surface area contributed by atoms with Gasteiger partial charge < -0.3 is 14.5 Å². The highest BCUT2D eigenvalue weighted by molar-refractivity contribution is 9.10. The highest BCUT2D eigenvalue weighted by Crippen LogP contribution is 2.24. The Balaban J connectivity index is 2.00. The van der Waals surface area contributed by atoms with E-state index in [2.05, 4.69) is 41.2 Å². The molecular formula is C17H22BrNO2. The van der Waals surface area contributed by atoms with E-state index in [0.29, 0.717) is 12.6 Å². The average molecular weight is 352 g/mol. The van der Waals surface area contributed by atoms with Gasteiger partial charge in [0.05, 0.1) is 0 Å². The second kappa shape index (κ2) is 7.14. The summed E-state index contributed by atoms with van der Waals surface area (Å²) in [5, 5.41) is 3.40. The van der Waals surface area contributed by atoms with Gasteiger partial charge in [-0.1, -0.05) is 35.8 Å². The van der Waals surface area contributed by atoms with Crippen LogP contribution in [0.2, 0.25) is 0 Å². The number of hydrogen-bond donors (Lipinski definition) is 1. The van der Waals surface area contributed by atoms with Gasteiger partial charge in [-0.3, -0.25) is 0 Å². The van der Waals surface area contributed by atoms with Gasteiger partial charge in [0.15, 0.2) is 0 Å². The predicted octanol–water partition coefficient (Wildman–Crippen LogP) is 4.74. The van der Waals surface area contributed by atoms with Crippen LogP contribution in [0.5, 0.6) is 5.75 Å². The molecule has 0 saturated heterocycles. The van der Waals surface area contributed by atoms with Crippen LogP contribution in [-0.2, 0) is 13.2 Å². The number of aryl methyl sites for hydroxylation is 2. The third kappa shape index (κ3) is 4.61. The first kappa shape index (κ1) is 16.1. The Bertz CT molecular complexity index is 605. The minimum atomic E-state index is 0.444. The number of ether oxygens (including phenoxy) is 1. The van der Waals surface area contributed by atoms with Crippen LogP contribution in [0.15, 0.2) is 33.2 Å². The Morgan fingerprint density at radius 1 is 1.24 bits per heavy atom. The van der Waals surface area contributed by atoms with E-state index in [9.17, 15) is 0 Å². The number of halogens is 1. The monoisotopic (exact) mass is 351 g/mol. The van der Waals surface area contributed by atoms with Gasteiger partial charge >= 0.3 is 0 Å². The molecule has 0 aliphatic heterocycles. The van der Waals surface area contributed by atoms with E-state index in [1.807, 2.05) is 32.0 Å². The van der Waals surface area contributed by atoms with Crippen molar-refractivity contribution in [3.05, 3.63) is 51.4 Å². The summed E-state index contributed by atoms with van der Waals surface area (Å²) >= 11 is 3.46. The van der Waals surface area contributed by atoms with Crippen molar-refractivity contribution >= 4 is 15.9 Å². The Labute approximate surface area is 134 Å². The maximum Gasteiger partial charge on any atom is 0.146 e. The molecule has 1 heterocycles. The topological polar surface area (TPSA) is 34.4 Å². The van der Waals surface area contributed by atoms with Crippen molar-refractivity contribution in [2.45, 2.75) is 46.9 Å².